The minimum atomic E-state index is 0.770. The zero-order valence-electron chi connectivity index (χ0n) is 10.1. The third kappa shape index (κ3) is 2.02. The third-order valence-electron chi connectivity index (χ3n) is 2.59. The molecular formula is C13H13N3S. The predicted molar refractivity (Wildman–Crippen MR) is 71.3 cm³/mol. The molecule has 3 nitrogen and oxygen atoms in total. The number of thiophene rings is 1. The average Bonchev–Trinajstić information content (AvgIpc) is 2.67. The van der Waals surface area contributed by atoms with E-state index in [0.717, 1.165) is 26.6 Å². The average molecular weight is 243 g/mol. The van der Waals surface area contributed by atoms with Gasteiger partial charge in [0.1, 0.15) is 11.1 Å². The molecule has 0 bridgehead atoms. The SMILES string of the molecule is Cc1c(-c2ccncc2)sc(N(C)C)c1C#N. The first-order chi connectivity index (χ1) is 8.15. The Morgan fingerprint density at radius 1 is 1.29 bits per heavy atom. The van der Waals surface area contributed by atoms with E-state index in [1.165, 1.54) is 0 Å². The Kier molecular flexibility index (Phi) is 3.12. The summed E-state index contributed by atoms with van der Waals surface area (Å²) in [6, 6.07) is 6.23. The first-order valence-corrected chi connectivity index (χ1v) is 6.08. The largest absolute Gasteiger partial charge is 0.368 e. The predicted octanol–water partition coefficient (Wildman–Crippen LogP) is 3.06. The van der Waals surface area contributed by atoms with E-state index < -0.39 is 0 Å². The summed E-state index contributed by atoms with van der Waals surface area (Å²) in [5.41, 5.74) is 2.94. The van der Waals surface area contributed by atoms with Gasteiger partial charge in [-0.3, -0.25) is 4.98 Å². The molecule has 0 aliphatic carbocycles. The summed E-state index contributed by atoms with van der Waals surface area (Å²) in [5, 5.41) is 10.2. The first-order valence-electron chi connectivity index (χ1n) is 5.26. The number of nitrogens with zero attached hydrogens (tertiary/aromatic N) is 3. The van der Waals surface area contributed by atoms with Crippen molar-refractivity contribution in [2.75, 3.05) is 19.0 Å². The van der Waals surface area contributed by atoms with Crippen LogP contribution in [0.4, 0.5) is 5.00 Å². The van der Waals surface area contributed by atoms with Crippen molar-refractivity contribution in [3.63, 3.8) is 0 Å². The summed E-state index contributed by atoms with van der Waals surface area (Å²) in [7, 11) is 3.92. The highest BCUT2D eigenvalue weighted by molar-refractivity contribution is 7.20. The monoisotopic (exact) mass is 243 g/mol. The van der Waals surface area contributed by atoms with Crippen molar-refractivity contribution in [3.05, 3.63) is 35.7 Å². The highest BCUT2D eigenvalue weighted by Crippen LogP contribution is 2.40. The number of nitriles is 1. The second kappa shape index (κ2) is 4.56. The summed E-state index contributed by atoms with van der Waals surface area (Å²) in [5.74, 6) is 0. The van der Waals surface area contributed by atoms with Gasteiger partial charge in [-0.1, -0.05) is 0 Å². The fourth-order valence-electron chi connectivity index (χ4n) is 1.72. The van der Waals surface area contributed by atoms with Gasteiger partial charge in [-0.15, -0.1) is 11.3 Å². The second-order valence-corrected chi connectivity index (χ2v) is 4.98. The Bertz CT molecular complexity index is 564. The van der Waals surface area contributed by atoms with Gasteiger partial charge < -0.3 is 4.90 Å². The topological polar surface area (TPSA) is 39.9 Å². The molecule has 0 aliphatic heterocycles. The van der Waals surface area contributed by atoms with Gasteiger partial charge in [0.2, 0.25) is 0 Å². The van der Waals surface area contributed by atoms with Crippen molar-refractivity contribution < 1.29 is 0 Å². The summed E-state index contributed by atoms with van der Waals surface area (Å²) in [6.45, 7) is 2.00. The lowest BCUT2D eigenvalue weighted by Crippen LogP contribution is -2.07. The van der Waals surface area contributed by atoms with E-state index in [2.05, 4.69) is 11.1 Å². The quantitative estimate of drug-likeness (QED) is 0.814. The molecule has 0 atom stereocenters. The smallest absolute Gasteiger partial charge is 0.109 e. The van der Waals surface area contributed by atoms with E-state index >= 15 is 0 Å². The Balaban J connectivity index is 2.62. The van der Waals surface area contributed by atoms with Gasteiger partial charge >= 0.3 is 0 Å². The zero-order chi connectivity index (χ0) is 12.4. The molecule has 0 aliphatic rings. The maximum atomic E-state index is 9.23. The molecule has 86 valence electrons. The normalized spacial score (nSPS) is 10.0. The second-order valence-electron chi connectivity index (χ2n) is 3.98. The Hall–Kier alpha value is -1.86. The first kappa shape index (κ1) is 11.6. The van der Waals surface area contributed by atoms with Gasteiger partial charge in [-0.25, -0.2) is 0 Å². The summed E-state index contributed by atoms with van der Waals surface area (Å²) in [6.07, 6.45) is 3.55. The molecule has 2 rings (SSSR count). The minimum Gasteiger partial charge on any atom is -0.368 e. The Morgan fingerprint density at radius 3 is 2.41 bits per heavy atom. The van der Waals surface area contributed by atoms with E-state index in [0.29, 0.717) is 0 Å². The summed E-state index contributed by atoms with van der Waals surface area (Å²) in [4.78, 5) is 7.15. The molecule has 2 aromatic rings. The number of pyridine rings is 1. The van der Waals surface area contributed by atoms with E-state index in [-0.39, 0.29) is 0 Å². The van der Waals surface area contributed by atoms with Crippen LogP contribution in [0, 0.1) is 18.3 Å². The van der Waals surface area contributed by atoms with Crippen molar-refractivity contribution in [1.29, 1.82) is 5.26 Å². The van der Waals surface area contributed by atoms with Crippen molar-refractivity contribution in [1.82, 2.24) is 4.98 Å². The molecule has 0 saturated carbocycles. The van der Waals surface area contributed by atoms with Crippen molar-refractivity contribution in [2.24, 2.45) is 0 Å². The molecule has 0 unspecified atom stereocenters. The van der Waals surface area contributed by atoms with Gasteiger partial charge in [-0.05, 0) is 30.2 Å². The molecule has 0 spiro atoms. The van der Waals surface area contributed by atoms with Gasteiger partial charge in [0, 0.05) is 31.4 Å². The fraction of sp³-hybridized carbons (Fsp3) is 0.231. The molecule has 4 heteroatoms. The van der Waals surface area contributed by atoms with Crippen LogP contribution >= 0.6 is 11.3 Å². The molecule has 0 saturated heterocycles. The van der Waals surface area contributed by atoms with Crippen LogP contribution in [-0.2, 0) is 0 Å². The van der Waals surface area contributed by atoms with E-state index in [4.69, 9.17) is 0 Å². The highest BCUT2D eigenvalue weighted by atomic mass is 32.1. The highest BCUT2D eigenvalue weighted by Gasteiger charge is 2.16. The van der Waals surface area contributed by atoms with Crippen LogP contribution in [0.1, 0.15) is 11.1 Å². The van der Waals surface area contributed by atoms with Crippen molar-refractivity contribution in [2.45, 2.75) is 6.92 Å². The molecule has 0 N–H and O–H groups in total. The van der Waals surface area contributed by atoms with Crippen LogP contribution in [0.5, 0.6) is 0 Å². The zero-order valence-corrected chi connectivity index (χ0v) is 10.9. The number of anilines is 1. The van der Waals surface area contributed by atoms with Gasteiger partial charge in [-0.2, -0.15) is 5.26 Å². The van der Waals surface area contributed by atoms with Crippen LogP contribution in [0.3, 0.4) is 0 Å². The number of rotatable bonds is 2. The van der Waals surface area contributed by atoms with Gasteiger partial charge in [0.25, 0.3) is 0 Å². The lowest BCUT2D eigenvalue weighted by Gasteiger charge is -2.08. The number of hydrogen-bond acceptors (Lipinski definition) is 4. The summed E-state index contributed by atoms with van der Waals surface area (Å²) < 4.78 is 0. The molecule has 0 fully saturated rings. The molecule has 2 aromatic heterocycles. The van der Waals surface area contributed by atoms with Gasteiger partial charge in [0.05, 0.1) is 5.56 Å². The van der Waals surface area contributed by atoms with Crippen molar-refractivity contribution in [3.8, 4) is 16.5 Å². The Morgan fingerprint density at radius 2 is 1.94 bits per heavy atom. The Labute approximate surface area is 105 Å². The maximum Gasteiger partial charge on any atom is 0.109 e. The minimum absolute atomic E-state index is 0.770. The maximum absolute atomic E-state index is 9.23. The van der Waals surface area contributed by atoms with Crippen LogP contribution in [0.15, 0.2) is 24.5 Å². The molecule has 0 amide bonds. The lowest BCUT2D eigenvalue weighted by molar-refractivity contribution is 1.15. The van der Waals surface area contributed by atoms with E-state index in [1.807, 2.05) is 38.1 Å². The van der Waals surface area contributed by atoms with E-state index in [1.54, 1.807) is 23.7 Å². The molecule has 0 radical (unpaired) electrons. The summed E-state index contributed by atoms with van der Waals surface area (Å²) >= 11 is 1.65. The molecule has 0 aromatic carbocycles. The van der Waals surface area contributed by atoms with Crippen LogP contribution in [-0.4, -0.2) is 19.1 Å². The van der Waals surface area contributed by atoms with Crippen molar-refractivity contribution >= 4 is 16.3 Å². The lowest BCUT2D eigenvalue weighted by atomic mass is 10.1. The standard InChI is InChI=1S/C13H13N3S/c1-9-11(8-14)13(16(2)3)17-12(9)10-4-6-15-7-5-10/h4-7H,1-3H3. The molecule has 2 heterocycles. The third-order valence-corrected chi connectivity index (χ3v) is 4.10. The van der Waals surface area contributed by atoms with Crippen LogP contribution < -0.4 is 4.90 Å². The molecular weight excluding hydrogens is 230 g/mol. The number of hydrogen-bond donors (Lipinski definition) is 0. The van der Waals surface area contributed by atoms with Crippen LogP contribution in [0.2, 0.25) is 0 Å². The number of aromatic nitrogens is 1. The van der Waals surface area contributed by atoms with Gasteiger partial charge in [0.15, 0.2) is 0 Å². The fourth-order valence-corrected chi connectivity index (χ4v) is 2.91. The van der Waals surface area contributed by atoms with Crippen LogP contribution in [0.25, 0.3) is 10.4 Å². The molecule has 17 heavy (non-hydrogen) atoms. The van der Waals surface area contributed by atoms with E-state index in [9.17, 15) is 5.26 Å².